The Kier molecular flexibility index (Phi) is 6.35. The number of benzene rings is 2. The molecule has 2 aromatic carbocycles. The third-order valence-corrected chi connectivity index (χ3v) is 5.66. The predicted molar refractivity (Wildman–Crippen MR) is 108 cm³/mol. The number of aromatic nitrogens is 2. The van der Waals surface area contributed by atoms with Gasteiger partial charge in [-0.15, -0.1) is 0 Å². The molecule has 0 amide bonds. The predicted octanol–water partition coefficient (Wildman–Crippen LogP) is 4.94. The van der Waals surface area contributed by atoms with Crippen molar-refractivity contribution in [1.29, 1.82) is 0 Å². The Morgan fingerprint density at radius 1 is 1.19 bits per heavy atom. The standard InChI is InChI=1S/C20H21ClN2O2S/c1-14(15-8-3-5-10-17(15)21)26-20-22-18-11-6-4-9-16(18)19(24)23(20)12-7-13-25-2/h3-6,8-11,14H,7,12-13H2,1-2H3. The van der Waals surface area contributed by atoms with Gasteiger partial charge in [-0.05, 0) is 37.1 Å². The normalized spacial score (nSPS) is 12.4. The molecule has 0 saturated heterocycles. The van der Waals surface area contributed by atoms with E-state index in [1.807, 2.05) is 48.5 Å². The van der Waals surface area contributed by atoms with E-state index in [1.54, 1.807) is 23.4 Å². The van der Waals surface area contributed by atoms with Gasteiger partial charge in [-0.25, -0.2) is 4.98 Å². The highest BCUT2D eigenvalue weighted by Crippen LogP contribution is 2.37. The Bertz CT molecular complexity index is 958. The van der Waals surface area contributed by atoms with Gasteiger partial charge in [-0.1, -0.05) is 53.7 Å². The van der Waals surface area contributed by atoms with Crippen molar-refractivity contribution in [3.63, 3.8) is 0 Å². The molecule has 0 fully saturated rings. The molecule has 4 nitrogen and oxygen atoms in total. The van der Waals surface area contributed by atoms with Gasteiger partial charge in [0.2, 0.25) is 0 Å². The molecule has 0 aliphatic carbocycles. The Balaban J connectivity index is 2.01. The van der Waals surface area contributed by atoms with E-state index in [9.17, 15) is 4.79 Å². The molecule has 0 aliphatic heterocycles. The second-order valence-electron chi connectivity index (χ2n) is 6.00. The number of nitrogens with zero attached hydrogens (tertiary/aromatic N) is 2. The minimum Gasteiger partial charge on any atom is -0.385 e. The first-order valence-corrected chi connectivity index (χ1v) is 9.77. The summed E-state index contributed by atoms with van der Waals surface area (Å²) >= 11 is 7.89. The van der Waals surface area contributed by atoms with E-state index >= 15 is 0 Å². The van der Waals surface area contributed by atoms with Crippen LogP contribution in [0, 0.1) is 0 Å². The maximum Gasteiger partial charge on any atom is 0.262 e. The van der Waals surface area contributed by atoms with Gasteiger partial charge in [-0.2, -0.15) is 0 Å². The third-order valence-electron chi connectivity index (χ3n) is 4.18. The lowest BCUT2D eigenvalue weighted by Crippen LogP contribution is -2.24. The average Bonchev–Trinajstić information content (AvgIpc) is 2.64. The molecular formula is C20H21ClN2O2S. The maximum atomic E-state index is 13.0. The van der Waals surface area contributed by atoms with Crippen LogP contribution in [-0.2, 0) is 11.3 Å². The summed E-state index contributed by atoms with van der Waals surface area (Å²) in [6.45, 7) is 3.25. The smallest absolute Gasteiger partial charge is 0.262 e. The van der Waals surface area contributed by atoms with Crippen molar-refractivity contribution < 1.29 is 4.74 Å². The Hall–Kier alpha value is -1.82. The molecule has 0 spiro atoms. The lowest BCUT2D eigenvalue weighted by atomic mass is 10.2. The summed E-state index contributed by atoms with van der Waals surface area (Å²) in [5, 5.41) is 2.14. The van der Waals surface area contributed by atoms with Crippen molar-refractivity contribution in [2.75, 3.05) is 13.7 Å². The summed E-state index contributed by atoms with van der Waals surface area (Å²) in [6, 6.07) is 15.2. The number of methoxy groups -OCH3 is 1. The molecule has 0 bridgehead atoms. The summed E-state index contributed by atoms with van der Waals surface area (Å²) in [5.74, 6) is 0. The van der Waals surface area contributed by atoms with E-state index in [1.165, 1.54) is 0 Å². The number of hydrogen-bond donors (Lipinski definition) is 0. The van der Waals surface area contributed by atoms with Crippen LogP contribution in [0.25, 0.3) is 10.9 Å². The highest BCUT2D eigenvalue weighted by molar-refractivity contribution is 7.99. The monoisotopic (exact) mass is 388 g/mol. The van der Waals surface area contributed by atoms with Crippen LogP contribution in [0.3, 0.4) is 0 Å². The number of ether oxygens (including phenoxy) is 1. The first-order valence-electron chi connectivity index (χ1n) is 8.51. The maximum absolute atomic E-state index is 13.0. The van der Waals surface area contributed by atoms with Gasteiger partial charge in [0.05, 0.1) is 10.9 Å². The van der Waals surface area contributed by atoms with Gasteiger partial charge in [0.15, 0.2) is 5.16 Å². The zero-order valence-electron chi connectivity index (χ0n) is 14.8. The van der Waals surface area contributed by atoms with E-state index in [0.717, 1.165) is 17.0 Å². The van der Waals surface area contributed by atoms with Crippen molar-refractivity contribution in [3.8, 4) is 0 Å². The van der Waals surface area contributed by atoms with E-state index in [4.69, 9.17) is 21.3 Å². The van der Waals surface area contributed by atoms with Crippen LogP contribution in [-0.4, -0.2) is 23.3 Å². The highest BCUT2D eigenvalue weighted by atomic mass is 35.5. The van der Waals surface area contributed by atoms with Crippen LogP contribution in [0.4, 0.5) is 0 Å². The minimum atomic E-state index is -0.0134. The minimum absolute atomic E-state index is 0.0134. The number of halogens is 1. The number of para-hydroxylation sites is 1. The Morgan fingerprint density at radius 2 is 1.92 bits per heavy atom. The molecule has 1 aromatic heterocycles. The lowest BCUT2D eigenvalue weighted by molar-refractivity contribution is 0.189. The van der Waals surface area contributed by atoms with Crippen molar-refractivity contribution in [3.05, 3.63) is 69.5 Å². The van der Waals surface area contributed by atoms with Gasteiger partial charge < -0.3 is 4.74 Å². The van der Waals surface area contributed by atoms with Crippen LogP contribution >= 0.6 is 23.4 Å². The largest absolute Gasteiger partial charge is 0.385 e. The summed E-state index contributed by atoms with van der Waals surface area (Å²) in [7, 11) is 1.66. The number of fused-ring (bicyclic) bond motifs is 1. The van der Waals surface area contributed by atoms with Crippen molar-refractivity contribution in [1.82, 2.24) is 9.55 Å². The summed E-state index contributed by atoms with van der Waals surface area (Å²) in [5.41, 5.74) is 1.74. The van der Waals surface area contributed by atoms with E-state index in [2.05, 4.69) is 6.92 Å². The Labute approximate surface area is 162 Å². The molecule has 1 atom stereocenters. The second kappa shape index (κ2) is 8.71. The molecule has 1 unspecified atom stereocenters. The molecule has 0 radical (unpaired) electrons. The number of thioether (sulfide) groups is 1. The molecule has 0 N–H and O–H groups in total. The number of hydrogen-bond acceptors (Lipinski definition) is 4. The van der Waals surface area contributed by atoms with E-state index in [0.29, 0.717) is 29.2 Å². The average molecular weight is 389 g/mol. The third kappa shape index (κ3) is 4.11. The van der Waals surface area contributed by atoms with Crippen molar-refractivity contribution in [2.45, 2.75) is 30.3 Å². The summed E-state index contributed by atoms with van der Waals surface area (Å²) in [4.78, 5) is 17.7. The molecular weight excluding hydrogens is 368 g/mol. The van der Waals surface area contributed by atoms with Gasteiger partial charge in [-0.3, -0.25) is 9.36 Å². The molecule has 3 aromatic rings. The lowest BCUT2D eigenvalue weighted by Gasteiger charge is -2.17. The fraction of sp³-hybridized carbons (Fsp3) is 0.300. The second-order valence-corrected chi connectivity index (χ2v) is 7.71. The van der Waals surface area contributed by atoms with Crippen LogP contribution < -0.4 is 5.56 Å². The van der Waals surface area contributed by atoms with Crippen molar-refractivity contribution in [2.24, 2.45) is 0 Å². The van der Waals surface area contributed by atoms with Crippen molar-refractivity contribution >= 4 is 34.3 Å². The van der Waals surface area contributed by atoms with Gasteiger partial charge >= 0.3 is 0 Å². The molecule has 6 heteroatoms. The fourth-order valence-electron chi connectivity index (χ4n) is 2.83. The van der Waals surface area contributed by atoms with Gasteiger partial charge in [0, 0.05) is 30.5 Å². The Morgan fingerprint density at radius 3 is 2.69 bits per heavy atom. The highest BCUT2D eigenvalue weighted by Gasteiger charge is 2.17. The zero-order chi connectivity index (χ0) is 18.5. The fourth-order valence-corrected chi connectivity index (χ4v) is 4.29. The molecule has 1 heterocycles. The zero-order valence-corrected chi connectivity index (χ0v) is 16.4. The summed E-state index contributed by atoms with van der Waals surface area (Å²) in [6.07, 6.45) is 0.754. The molecule has 136 valence electrons. The molecule has 0 aliphatic rings. The van der Waals surface area contributed by atoms with Crippen LogP contribution in [0.1, 0.15) is 24.2 Å². The summed E-state index contributed by atoms with van der Waals surface area (Å²) < 4.78 is 6.89. The van der Waals surface area contributed by atoms with Gasteiger partial charge in [0.1, 0.15) is 0 Å². The van der Waals surface area contributed by atoms with Crippen LogP contribution in [0.15, 0.2) is 58.5 Å². The van der Waals surface area contributed by atoms with Crippen LogP contribution in [0.5, 0.6) is 0 Å². The molecule has 26 heavy (non-hydrogen) atoms. The van der Waals surface area contributed by atoms with E-state index in [-0.39, 0.29) is 10.8 Å². The topological polar surface area (TPSA) is 44.1 Å². The SMILES string of the molecule is COCCCn1c(SC(C)c2ccccc2Cl)nc2ccccc2c1=O. The molecule has 0 saturated carbocycles. The quantitative estimate of drug-likeness (QED) is 0.326. The first-order chi connectivity index (χ1) is 12.6. The van der Waals surface area contributed by atoms with Crippen LogP contribution in [0.2, 0.25) is 5.02 Å². The molecule has 3 rings (SSSR count). The first kappa shape index (κ1) is 19.0. The van der Waals surface area contributed by atoms with E-state index < -0.39 is 0 Å². The van der Waals surface area contributed by atoms with Gasteiger partial charge in [0.25, 0.3) is 5.56 Å². The number of rotatable bonds is 7.